The molecular weight excluding hydrogens is 731 g/mol. The van der Waals surface area contributed by atoms with Gasteiger partial charge in [-0.05, 0) is 84.6 Å². The van der Waals surface area contributed by atoms with Crippen molar-refractivity contribution in [2.75, 3.05) is 16.8 Å². The lowest BCUT2D eigenvalue weighted by atomic mass is 9.95. The molecule has 0 saturated heterocycles. The lowest BCUT2D eigenvalue weighted by Gasteiger charge is -2.33. The number of benzene rings is 4. The molecule has 3 aromatic heterocycles. The van der Waals surface area contributed by atoms with Gasteiger partial charge in [-0.25, -0.2) is 14.0 Å². The van der Waals surface area contributed by atoms with Gasteiger partial charge in [-0.2, -0.15) is 0 Å². The lowest BCUT2D eigenvalue weighted by Crippen LogP contribution is -2.31. The minimum Gasteiger partial charge on any atom is -0.370 e. The molecule has 0 N–H and O–H groups in total. The summed E-state index contributed by atoms with van der Waals surface area (Å²) in [4.78, 5) is 4.75. The van der Waals surface area contributed by atoms with Crippen LogP contribution >= 0.6 is 0 Å². The summed E-state index contributed by atoms with van der Waals surface area (Å²) in [6.07, 6.45) is 2.01. The highest BCUT2D eigenvalue weighted by Gasteiger charge is 2.29. The largest absolute Gasteiger partial charge is 0.370 e. The molecule has 0 atom stereocenters. The van der Waals surface area contributed by atoms with Crippen LogP contribution in [0.5, 0.6) is 0 Å². The third-order valence-electron chi connectivity index (χ3n) is 11.0. The van der Waals surface area contributed by atoms with Gasteiger partial charge >= 0.3 is 0 Å². The Kier molecular flexibility index (Phi) is 12.1. The van der Waals surface area contributed by atoms with E-state index in [2.05, 4.69) is 219 Å². The van der Waals surface area contributed by atoms with Crippen LogP contribution in [0.4, 0.5) is 11.4 Å². The van der Waals surface area contributed by atoms with E-state index >= 15 is 0 Å². The first kappa shape index (κ1) is 41.1. The van der Waals surface area contributed by atoms with Crippen LogP contribution in [-0.4, -0.2) is 58.1 Å². The molecular formula is C48H59N11. The maximum absolute atomic E-state index is 4.58. The zero-order valence-corrected chi connectivity index (χ0v) is 36.5. The van der Waals surface area contributed by atoms with Crippen molar-refractivity contribution in [1.29, 1.82) is 0 Å². The third-order valence-corrected chi connectivity index (χ3v) is 11.0. The van der Waals surface area contributed by atoms with E-state index in [0.717, 1.165) is 47.1 Å². The number of aromatic nitrogens is 9. The first-order valence-corrected chi connectivity index (χ1v) is 21.0. The minimum absolute atomic E-state index is 0.253. The van der Waals surface area contributed by atoms with Gasteiger partial charge in [-0.3, -0.25) is 0 Å². The second kappa shape index (κ2) is 17.4. The molecule has 9 rings (SSSR count). The number of hydrogen-bond acceptors (Lipinski definition) is 8. The highest BCUT2D eigenvalue weighted by molar-refractivity contribution is 5.89. The van der Waals surface area contributed by atoms with Gasteiger partial charge in [-0.1, -0.05) is 114 Å². The number of fused-ring (bicyclic) bond motifs is 10. The Balaban J connectivity index is 0.000000144. The maximum atomic E-state index is 4.58. The van der Waals surface area contributed by atoms with Crippen molar-refractivity contribution in [3.8, 4) is 45.0 Å². The Bertz CT molecular complexity index is 2480. The molecule has 7 aromatic rings. The van der Waals surface area contributed by atoms with Gasteiger partial charge in [0.15, 0.2) is 0 Å². The van der Waals surface area contributed by atoms with Gasteiger partial charge < -0.3 is 9.80 Å². The second-order valence-electron chi connectivity index (χ2n) is 16.9. The van der Waals surface area contributed by atoms with Crippen LogP contribution in [0.1, 0.15) is 110 Å². The molecule has 0 radical (unpaired) electrons. The predicted octanol–water partition coefficient (Wildman–Crippen LogP) is 11.0. The summed E-state index contributed by atoms with van der Waals surface area (Å²) < 4.78 is 5.97. The van der Waals surface area contributed by atoms with Crippen LogP contribution in [0.25, 0.3) is 45.0 Å². The molecule has 0 saturated carbocycles. The van der Waals surface area contributed by atoms with E-state index in [1.807, 2.05) is 15.6 Å². The van der Waals surface area contributed by atoms with Gasteiger partial charge in [0.2, 0.25) is 0 Å². The Morgan fingerprint density at radius 3 is 1.49 bits per heavy atom. The molecule has 2 aliphatic rings. The lowest BCUT2D eigenvalue weighted by molar-refractivity contribution is 0.514. The predicted molar refractivity (Wildman–Crippen MR) is 240 cm³/mol. The standard InChI is InChI=1S/C21H24N4.C19H20N4.C8H15N3/c1-14(2)24-13-16-9-5-6-10-17(16)20-21(25(15(3)4)23-22-20)18-11-7-8-12-19(18)24;1-13(2)23-19-15-9-5-4-8-14(15)12-22(3)17-11-7-6-10-16(17)18(19)20-21-23;1-6(2)8-5-11(7(3)4)10-9-8/h5-12,14-15H,13H2,1-4H3;4-11,13H,12H2,1-3H3;5-7H,1-4H3. The van der Waals surface area contributed by atoms with Crippen molar-refractivity contribution in [2.45, 2.75) is 112 Å². The number of hydrogen-bond donors (Lipinski definition) is 0. The van der Waals surface area contributed by atoms with E-state index in [9.17, 15) is 0 Å². The van der Waals surface area contributed by atoms with Gasteiger partial charge in [0, 0.05) is 84.1 Å². The zero-order chi connectivity index (χ0) is 42.0. The number of anilines is 2. The van der Waals surface area contributed by atoms with Crippen LogP contribution < -0.4 is 9.80 Å². The second-order valence-corrected chi connectivity index (χ2v) is 16.9. The van der Waals surface area contributed by atoms with Crippen LogP contribution in [0.15, 0.2) is 103 Å². The molecule has 4 aromatic carbocycles. The van der Waals surface area contributed by atoms with Crippen molar-refractivity contribution < 1.29 is 0 Å². The first-order chi connectivity index (χ1) is 28.3. The highest BCUT2D eigenvalue weighted by atomic mass is 15.5. The smallest absolute Gasteiger partial charge is 0.123 e. The molecule has 2 aliphatic heterocycles. The Hall–Kier alpha value is -6.10. The quantitative estimate of drug-likeness (QED) is 0.170. The van der Waals surface area contributed by atoms with Crippen molar-refractivity contribution in [2.24, 2.45) is 0 Å². The molecule has 0 bridgehead atoms. The molecule has 5 heterocycles. The fourth-order valence-corrected chi connectivity index (χ4v) is 7.76. The zero-order valence-electron chi connectivity index (χ0n) is 36.5. The normalized spacial score (nSPS) is 12.9. The maximum Gasteiger partial charge on any atom is 0.123 e. The van der Waals surface area contributed by atoms with E-state index in [0.29, 0.717) is 18.0 Å². The summed E-state index contributed by atoms with van der Waals surface area (Å²) in [7, 11) is 2.13. The van der Waals surface area contributed by atoms with Gasteiger partial charge in [0.25, 0.3) is 0 Å². The molecule has 11 nitrogen and oxygen atoms in total. The summed E-state index contributed by atoms with van der Waals surface area (Å²) in [5, 5.41) is 26.1. The van der Waals surface area contributed by atoms with Crippen LogP contribution in [0.2, 0.25) is 0 Å². The fraction of sp³-hybridized carbons (Fsp3) is 0.375. The summed E-state index contributed by atoms with van der Waals surface area (Å²) in [5.41, 5.74) is 15.1. The molecule has 11 heteroatoms. The summed E-state index contributed by atoms with van der Waals surface area (Å²) in [6.45, 7) is 23.3. The van der Waals surface area contributed by atoms with E-state index in [1.54, 1.807) is 0 Å². The van der Waals surface area contributed by atoms with Gasteiger partial charge in [-0.15, -0.1) is 15.3 Å². The number of para-hydroxylation sites is 2. The molecule has 0 fully saturated rings. The Morgan fingerprint density at radius 2 is 0.949 bits per heavy atom. The van der Waals surface area contributed by atoms with Gasteiger partial charge in [0.05, 0.1) is 17.1 Å². The van der Waals surface area contributed by atoms with Crippen LogP contribution in [0.3, 0.4) is 0 Å². The van der Waals surface area contributed by atoms with E-state index in [1.165, 1.54) is 39.2 Å². The van der Waals surface area contributed by atoms with E-state index in [-0.39, 0.29) is 12.1 Å². The van der Waals surface area contributed by atoms with Crippen molar-refractivity contribution in [3.63, 3.8) is 0 Å². The summed E-state index contributed by atoms with van der Waals surface area (Å²) in [5.74, 6) is 0.475. The van der Waals surface area contributed by atoms with Crippen LogP contribution in [0, 0.1) is 0 Å². The molecule has 0 spiro atoms. The molecule has 306 valence electrons. The summed E-state index contributed by atoms with van der Waals surface area (Å²) in [6, 6.07) is 35.5. The van der Waals surface area contributed by atoms with E-state index in [4.69, 9.17) is 0 Å². The third kappa shape index (κ3) is 8.28. The average Bonchev–Trinajstić information content (AvgIpc) is 3.99. The van der Waals surface area contributed by atoms with Crippen molar-refractivity contribution in [3.05, 3.63) is 120 Å². The van der Waals surface area contributed by atoms with Gasteiger partial charge in [0.1, 0.15) is 11.4 Å². The molecule has 59 heavy (non-hydrogen) atoms. The molecule has 0 amide bonds. The topological polar surface area (TPSA) is 98.6 Å². The fourth-order valence-electron chi connectivity index (χ4n) is 7.76. The summed E-state index contributed by atoms with van der Waals surface area (Å²) >= 11 is 0. The minimum atomic E-state index is 0.253. The van der Waals surface area contributed by atoms with Crippen molar-refractivity contribution >= 4 is 11.4 Å². The Morgan fingerprint density at radius 1 is 0.458 bits per heavy atom. The average molecular weight is 790 g/mol. The number of rotatable bonds is 5. The highest BCUT2D eigenvalue weighted by Crippen LogP contribution is 2.43. The monoisotopic (exact) mass is 789 g/mol. The molecule has 0 aliphatic carbocycles. The number of nitrogens with zero attached hydrogens (tertiary/aromatic N) is 11. The first-order valence-electron chi connectivity index (χ1n) is 21.0. The SMILES string of the molecule is CC(C)N1Cc2ccccc2-c2nnn(C(C)C)c2-c2ccccc21.CC(C)c1cn(C(C)C)nn1.CC(C)n1nnc2c1-c1ccccc1CN(C)c1ccccc1-2. The van der Waals surface area contributed by atoms with Crippen molar-refractivity contribution in [1.82, 2.24) is 45.0 Å². The van der Waals surface area contributed by atoms with E-state index < -0.39 is 0 Å². The molecule has 0 unspecified atom stereocenters. The van der Waals surface area contributed by atoms with Crippen LogP contribution in [-0.2, 0) is 13.1 Å². The Labute approximate surface area is 349 Å².